The minimum absolute atomic E-state index is 0.0184. The first-order valence-corrected chi connectivity index (χ1v) is 13.2. The first kappa shape index (κ1) is 26.5. The summed E-state index contributed by atoms with van der Waals surface area (Å²) in [4.78, 5) is 28.7. The number of rotatable bonds is 6. The fraction of sp³-hybridized carbons (Fsp3) is 0.111. The van der Waals surface area contributed by atoms with E-state index < -0.39 is 28.3 Å². The van der Waals surface area contributed by atoms with Gasteiger partial charge in [-0.2, -0.15) is 13.2 Å². The molecule has 0 saturated heterocycles. The highest BCUT2D eigenvalue weighted by atomic mass is 35.5. The van der Waals surface area contributed by atoms with Crippen molar-refractivity contribution in [2.45, 2.75) is 18.9 Å². The van der Waals surface area contributed by atoms with Gasteiger partial charge in [0.15, 0.2) is 0 Å². The zero-order chi connectivity index (χ0) is 27.7. The van der Waals surface area contributed by atoms with Gasteiger partial charge in [-0.25, -0.2) is 14.2 Å². The van der Waals surface area contributed by atoms with Gasteiger partial charge >= 0.3 is 6.18 Å². The quantitative estimate of drug-likeness (QED) is 0.234. The number of anilines is 1. The molecule has 0 radical (unpaired) electrons. The van der Waals surface area contributed by atoms with E-state index in [1.165, 1.54) is 12.3 Å². The molecule has 0 amide bonds. The lowest BCUT2D eigenvalue weighted by atomic mass is 9.98. The maximum Gasteiger partial charge on any atom is 0.433 e. The second-order valence-corrected chi connectivity index (χ2v) is 10.2. The van der Waals surface area contributed by atoms with E-state index in [1.807, 2.05) is 43.3 Å². The van der Waals surface area contributed by atoms with Crippen molar-refractivity contribution in [1.29, 1.82) is 0 Å². The molecule has 1 unspecified atom stereocenters. The van der Waals surface area contributed by atoms with Crippen molar-refractivity contribution in [3.63, 3.8) is 0 Å². The Morgan fingerprint density at radius 1 is 1.03 bits per heavy atom. The Balaban J connectivity index is 1.52. The van der Waals surface area contributed by atoms with E-state index in [-0.39, 0.29) is 16.8 Å². The fourth-order valence-corrected chi connectivity index (χ4v) is 5.22. The summed E-state index contributed by atoms with van der Waals surface area (Å²) < 4.78 is 53.6. The second-order valence-electron chi connectivity index (χ2n) is 8.64. The number of H-pyrrole nitrogens is 1. The van der Waals surface area contributed by atoms with E-state index in [0.717, 1.165) is 23.4 Å². The van der Waals surface area contributed by atoms with Crippen molar-refractivity contribution in [3.8, 4) is 22.4 Å². The molecule has 39 heavy (non-hydrogen) atoms. The summed E-state index contributed by atoms with van der Waals surface area (Å²) in [7, 11) is -1.82. The third kappa shape index (κ3) is 5.84. The molecule has 1 aromatic carbocycles. The highest BCUT2D eigenvalue weighted by Crippen LogP contribution is 2.34. The van der Waals surface area contributed by atoms with Gasteiger partial charge in [-0.15, -0.1) is 0 Å². The maximum absolute atomic E-state index is 13.4. The number of fused-ring (bicyclic) bond motifs is 1. The van der Waals surface area contributed by atoms with Crippen LogP contribution in [0.1, 0.15) is 17.0 Å². The average molecular weight is 570 g/mol. The summed E-state index contributed by atoms with van der Waals surface area (Å²) in [5.74, 6) is -0.159. The number of hydrogen-bond acceptors (Lipinski definition) is 5. The minimum Gasteiger partial charge on any atom is -0.344 e. The molecule has 5 aromatic rings. The minimum atomic E-state index is -4.57. The van der Waals surface area contributed by atoms with Crippen LogP contribution in [0.4, 0.5) is 18.9 Å². The van der Waals surface area contributed by atoms with Crippen molar-refractivity contribution < 1.29 is 17.4 Å². The van der Waals surface area contributed by atoms with Crippen LogP contribution in [0.15, 0.2) is 77.9 Å². The number of aromatic nitrogens is 4. The molecule has 4 aromatic heterocycles. The Morgan fingerprint density at radius 3 is 2.46 bits per heavy atom. The second kappa shape index (κ2) is 10.6. The number of hydrogen-bond donors (Lipinski definition) is 2. The molecule has 198 valence electrons. The largest absolute Gasteiger partial charge is 0.433 e. The van der Waals surface area contributed by atoms with E-state index in [4.69, 9.17) is 16.6 Å². The first-order valence-electron chi connectivity index (χ1n) is 11.5. The predicted octanol–water partition coefficient (Wildman–Crippen LogP) is 6.30. The van der Waals surface area contributed by atoms with E-state index in [1.54, 1.807) is 12.1 Å². The van der Waals surface area contributed by atoms with Gasteiger partial charge in [-0.05, 0) is 42.3 Å². The summed E-state index contributed by atoms with van der Waals surface area (Å²) >= 11 is 6.22. The van der Waals surface area contributed by atoms with E-state index in [2.05, 4.69) is 19.7 Å². The molecule has 0 spiro atoms. The van der Waals surface area contributed by atoms with Gasteiger partial charge in [0.05, 0.1) is 16.8 Å². The lowest BCUT2D eigenvalue weighted by molar-refractivity contribution is -0.141. The number of benzene rings is 1. The van der Waals surface area contributed by atoms with Crippen molar-refractivity contribution in [1.82, 2.24) is 19.9 Å². The smallest absolute Gasteiger partial charge is 0.344 e. The fourth-order valence-electron chi connectivity index (χ4n) is 4.03. The zero-order valence-electron chi connectivity index (χ0n) is 20.2. The highest BCUT2D eigenvalue weighted by molar-refractivity contribution is 7.85. The normalized spacial score (nSPS) is 12.4. The molecule has 0 saturated carbocycles. The molecular weight excluding hydrogens is 551 g/mol. The number of alkyl halides is 3. The lowest BCUT2D eigenvalue weighted by Gasteiger charge is -2.13. The van der Waals surface area contributed by atoms with E-state index in [9.17, 15) is 22.2 Å². The molecule has 4 heterocycles. The van der Waals surface area contributed by atoms with Crippen molar-refractivity contribution in [3.05, 3.63) is 105 Å². The number of nitrogens with zero attached hydrogens (tertiary/aromatic N) is 3. The molecule has 2 N–H and O–H groups in total. The van der Waals surface area contributed by atoms with Crippen LogP contribution in [0.5, 0.6) is 0 Å². The summed E-state index contributed by atoms with van der Waals surface area (Å²) in [6.45, 7) is 1.81. The molecule has 0 aliphatic carbocycles. The first-order chi connectivity index (χ1) is 18.6. The Labute approximate surface area is 227 Å². The van der Waals surface area contributed by atoms with Gasteiger partial charge in [0.25, 0.3) is 0 Å². The SMILES string of the molecule is Cc1cc(-c2cc3c(=O)c(NS(=O)Cc4ccc(C(F)(F)F)nc4)c[nH]c3nc2-c2ccccc2)cc(Cl)n1. The molecule has 0 fully saturated rings. The highest BCUT2D eigenvalue weighted by Gasteiger charge is 2.32. The van der Waals surface area contributed by atoms with Crippen molar-refractivity contribution >= 4 is 39.3 Å². The van der Waals surface area contributed by atoms with Crippen LogP contribution in [-0.2, 0) is 22.9 Å². The van der Waals surface area contributed by atoms with Gasteiger partial charge in [0.1, 0.15) is 33.2 Å². The van der Waals surface area contributed by atoms with E-state index >= 15 is 0 Å². The van der Waals surface area contributed by atoms with Gasteiger partial charge in [0.2, 0.25) is 5.43 Å². The molecule has 1 atom stereocenters. The van der Waals surface area contributed by atoms with Crippen molar-refractivity contribution in [2.75, 3.05) is 4.72 Å². The molecule has 0 aliphatic heterocycles. The molecular formula is C27H19ClF3N5O2S. The van der Waals surface area contributed by atoms with Gasteiger partial charge in [-0.1, -0.05) is 48.0 Å². The molecule has 5 rings (SSSR count). The van der Waals surface area contributed by atoms with Crippen LogP contribution in [0.2, 0.25) is 5.15 Å². The van der Waals surface area contributed by atoms with Crippen LogP contribution < -0.4 is 10.2 Å². The van der Waals surface area contributed by atoms with Crippen LogP contribution in [0.3, 0.4) is 0 Å². The maximum atomic E-state index is 13.4. The van der Waals surface area contributed by atoms with Gasteiger partial charge in [-0.3, -0.25) is 9.78 Å². The van der Waals surface area contributed by atoms with Gasteiger partial charge in [0, 0.05) is 29.2 Å². The summed E-state index contributed by atoms with van der Waals surface area (Å²) in [5.41, 5.74) is 2.67. The molecule has 12 heteroatoms. The molecule has 0 aliphatic rings. The number of aromatic amines is 1. The van der Waals surface area contributed by atoms with Crippen LogP contribution in [0, 0.1) is 6.92 Å². The number of aryl methyl sites for hydroxylation is 1. The third-order valence-corrected chi connectivity index (χ3v) is 7.02. The number of halogens is 4. The summed E-state index contributed by atoms with van der Waals surface area (Å²) in [5, 5.41) is 0.537. The van der Waals surface area contributed by atoms with Crippen LogP contribution in [-0.4, -0.2) is 24.1 Å². The summed E-state index contributed by atoms with van der Waals surface area (Å²) in [6, 6.07) is 16.7. The Kier molecular flexibility index (Phi) is 7.19. The monoisotopic (exact) mass is 569 g/mol. The zero-order valence-corrected chi connectivity index (χ0v) is 21.8. The van der Waals surface area contributed by atoms with Crippen molar-refractivity contribution in [2.24, 2.45) is 0 Å². The molecule has 0 bridgehead atoms. The van der Waals surface area contributed by atoms with Crippen LogP contribution in [0.25, 0.3) is 33.4 Å². The topological polar surface area (TPSA) is 101 Å². The summed E-state index contributed by atoms with van der Waals surface area (Å²) in [6.07, 6.45) is -2.19. The molecule has 7 nitrogen and oxygen atoms in total. The number of pyridine rings is 4. The van der Waals surface area contributed by atoms with Crippen LogP contribution >= 0.6 is 11.6 Å². The standard InChI is InChI=1S/C27H19ClF3N5O2S/c1-15-9-18(10-23(28)34-15)19-11-20-25(37)21(13-33-26(20)35-24(19)17-5-3-2-4-6-17)36-39(38)14-16-7-8-22(32-12-16)27(29,30)31/h2-13,36H,14H2,1H3,(H,33,35,37). The number of nitrogens with one attached hydrogen (secondary N) is 2. The predicted molar refractivity (Wildman–Crippen MR) is 145 cm³/mol. The Bertz CT molecular complexity index is 1740. The lowest BCUT2D eigenvalue weighted by Crippen LogP contribution is -2.16. The average Bonchev–Trinajstić information content (AvgIpc) is 2.89. The van der Waals surface area contributed by atoms with E-state index in [0.29, 0.717) is 33.3 Å². The third-order valence-electron chi connectivity index (χ3n) is 5.78. The Hall–Kier alpha value is -4.09. The van der Waals surface area contributed by atoms with Gasteiger partial charge < -0.3 is 9.71 Å². The Morgan fingerprint density at radius 2 is 1.79 bits per heavy atom.